The van der Waals surface area contributed by atoms with Crippen LogP contribution in [0.25, 0.3) is 16.7 Å². The van der Waals surface area contributed by atoms with E-state index in [0.717, 1.165) is 26.8 Å². The summed E-state index contributed by atoms with van der Waals surface area (Å²) < 4.78 is 2.90. The van der Waals surface area contributed by atoms with Crippen molar-refractivity contribution in [3.63, 3.8) is 0 Å². The van der Waals surface area contributed by atoms with E-state index in [-0.39, 0.29) is 0 Å². The highest BCUT2D eigenvalue weighted by Gasteiger charge is 2.13. The van der Waals surface area contributed by atoms with Crippen LogP contribution < -0.4 is 5.73 Å². The predicted molar refractivity (Wildman–Crippen MR) is 82.9 cm³/mol. The van der Waals surface area contributed by atoms with E-state index < -0.39 is 0 Å². The number of rotatable bonds is 1. The van der Waals surface area contributed by atoms with Gasteiger partial charge in [-0.1, -0.05) is 23.7 Å². The molecule has 0 saturated heterocycles. The molecule has 19 heavy (non-hydrogen) atoms. The molecule has 0 atom stereocenters. The fraction of sp³-hybridized carbons (Fsp3) is 0.0714. The van der Waals surface area contributed by atoms with Crippen LogP contribution in [-0.2, 0) is 0 Å². The lowest BCUT2D eigenvalue weighted by Crippen LogP contribution is -2.02. The first-order valence-electron chi connectivity index (χ1n) is 5.77. The van der Waals surface area contributed by atoms with Crippen LogP contribution >= 0.6 is 27.5 Å². The fourth-order valence-electron chi connectivity index (χ4n) is 2.12. The Morgan fingerprint density at radius 2 is 2.05 bits per heavy atom. The van der Waals surface area contributed by atoms with Crippen LogP contribution in [0.1, 0.15) is 5.56 Å². The molecule has 96 valence electrons. The highest BCUT2D eigenvalue weighted by atomic mass is 79.9. The summed E-state index contributed by atoms with van der Waals surface area (Å²) >= 11 is 9.67. The zero-order valence-electron chi connectivity index (χ0n) is 10.2. The smallest absolute Gasteiger partial charge is 0.205 e. The molecule has 0 unspecified atom stereocenters. The monoisotopic (exact) mass is 335 g/mol. The number of nitrogen functional groups attached to an aromatic ring is 1. The summed E-state index contributed by atoms with van der Waals surface area (Å²) in [6, 6.07) is 11.6. The fourth-order valence-corrected chi connectivity index (χ4v) is 2.73. The normalized spacial score (nSPS) is 11.1. The van der Waals surface area contributed by atoms with Gasteiger partial charge < -0.3 is 5.73 Å². The van der Waals surface area contributed by atoms with Crippen molar-refractivity contribution in [2.75, 3.05) is 5.73 Å². The third-order valence-corrected chi connectivity index (χ3v) is 4.32. The Hall–Kier alpha value is -1.52. The molecule has 0 bridgehead atoms. The summed E-state index contributed by atoms with van der Waals surface area (Å²) in [5, 5.41) is 0.664. The van der Waals surface area contributed by atoms with Gasteiger partial charge in [-0.3, -0.25) is 4.57 Å². The molecular formula is C14H11BrClN3. The van der Waals surface area contributed by atoms with Gasteiger partial charge in [0.25, 0.3) is 0 Å². The zero-order valence-corrected chi connectivity index (χ0v) is 12.5. The number of imidazole rings is 1. The Morgan fingerprint density at radius 1 is 1.26 bits per heavy atom. The van der Waals surface area contributed by atoms with Gasteiger partial charge in [0.15, 0.2) is 0 Å². The van der Waals surface area contributed by atoms with Crippen molar-refractivity contribution in [1.29, 1.82) is 0 Å². The summed E-state index contributed by atoms with van der Waals surface area (Å²) in [6.07, 6.45) is 0. The Balaban J connectivity index is 2.39. The van der Waals surface area contributed by atoms with E-state index in [4.69, 9.17) is 17.3 Å². The first-order valence-corrected chi connectivity index (χ1v) is 6.94. The number of nitrogens with zero attached hydrogens (tertiary/aromatic N) is 2. The molecule has 2 N–H and O–H groups in total. The van der Waals surface area contributed by atoms with Crippen molar-refractivity contribution in [3.8, 4) is 5.69 Å². The van der Waals surface area contributed by atoms with E-state index in [0.29, 0.717) is 11.0 Å². The Morgan fingerprint density at radius 3 is 2.84 bits per heavy atom. The molecule has 0 radical (unpaired) electrons. The number of hydrogen-bond acceptors (Lipinski definition) is 2. The number of nitrogens with two attached hydrogens (primary N) is 1. The molecule has 1 aromatic heterocycles. The van der Waals surface area contributed by atoms with Gasteiger partial charge in [-0.05, 0) is 52.7 Å². The lowest BCUT2D eigenvalue weighted by Gasteiger charge is -2.10. The minimum Gasteiger partial charge on any atom is -0.369 e. The number of fused-ring (bicyclic) bond motifs is 1. The minimum atomic E-state index is 0.448. The van der Waals surface area contributed by atoms with Gasteiger partial charge in [0, 0.05) is 9.50 Å². The Kier molecular flexibility index (Phi) is 2.99. The van der Waals surface area contributed by atoms with E-state index in [1.54, 1.807) is 0 Å². The molecule has 3 aromatic rings. The molecule has 3 rings (SSSR count). The van der Waals surface area contributed by atoms with Crippen molar-refractivity contribution >= 4 is 44.5 Å². The number of aromatic nitrogens is 2. The molecule has 3 nitrogen and oxygen atoms in total. The maximum atomic E-state index is 6.06. The molecule has 1 heterocycles. The summed E-state index contributed by atoms with van der Waals surface area (Å²) in [7, 11) is 0. The largest absolute Gasteiger partial charge is 0.369 e. The van der Waals surface area contributed by atoms with Crippen molar-refractivity contribution in [2.45, 2.75) is 6.92 Å². The van der Waals surface area contributed by atoms with E-state index in [2.05, 4.69) is 20.9 Å². The van der Waals surface area contributed by atoms with Crippen LogP contribution in [-0.4, -0.2) is 9.55 Å². The van der Waals surface area contributed by atoms with Gasteiger partial charge >= 0.3 is 0 Å². The van der Waals surface area contributed by atoms with E-state index in [9.17, 15) is 0 Å². The molecule has 0 amide bonds. The highest BCUT2D eigenvalue weighted by molar-refractivity contribution is 9.10. The number of anilines is 1. The predicted octanol–water partition coefficient (Wildman–Crippen LogP) is 4.33. The van der Waals surface area contributed by atoms with E-state index >= 15 is 0 Å². The molecule has 0 aliphatic heterocycles. The SMILES string of the molecule is Cc1cccc(-n2c(N)nc3ccc(Cl)cc32)c1Br. The van der Waals surface area contributed by atoms with Gasteiger partial charge in [0.1, 0.15) is 0 Å². The van der Waals surface area contributed by atoms with Crippen LogP contribution in [0.5, 0.6) is 0 Å². The first kappa shape index (κ1) is 12.5. The number of hydrogen-bond donors (Lipinski definition) is 1. The van der Waals surface area contributed by atoms with E-state index in [1.807, 2.05) is 47.9 Å². The number of benzene rings is 2. The minimum absolute atomic E-state index is 0.448. The van der Waals surface area contributed by atoms with Crippen molar-refractivity contribution in [2.24, 2.45) is 0 Å². The molecule has 0 aliphatic rings. The summed E-state index contributed by atoms with van der Waals surface area (Å²) in [5.41, 5.74) is 9.87. The average Bonchev–Trinajstić information content (AvgIpc) is 2.69. The Labute approximate surface area is 124 Å². The average molecular weight is 337 g/mol. The first-order chi connectivity index (χ1) is 9.08. The van der Waals surface area contributed by atoms with Gasteiger partial charge in [-0.2, -0.15) is 0 Å². The van der Waals surface area contributed by atoms with Gasteiger partial charge in [-0.15, -0.1) is 0 Å². The third kappa shape index (κ3) is 2.01. The quantitative estimate of drug-likeness (QED) is 0.718. The maximum Gasteiger partial charge on any atom is 0.205 e. The lowest BCUT2D eigenvalue weighted by molar-refractivity contribution is 1.09. The Bertz CT molecular complexity index is 780. The molecule has 2 aromatic carbocycles. The van der Waals surface area contributed by atoms with Crippen LogP contribution in [0.3, 0.4) is 0 Å². The van der Waals surface area contributed by atoms with Gasteiger partial charge in [0.05, 0.1) is 16.7 Å². The second-order valence-electron chi connectivity index (χ2n) is 4.35. The summed E-state index contributed by atoms with van der Waals surface area (Å²) in [5.74, 6) is 0.448. The highest BCUT2D eigenvalue weighted by Crippen LogP contribution is 2.31. The van der Waals surface area contributed by atoms with Crippen LogP contribution in [0, 0.1) is 6.92 Å². The van der Waals surface area contributed by atoms with Gasteiger partial charge in [0.2, 0.25) is 5.95 Å². The molecule has 5 heteroatoms. The third-order valence-electron chi connectivity index (χ3n) is 3.05. The van der Waals surface area contributed by atoms with E-state index in [1.165, 1.54) is 0 Å². The second-order valence-corrected chi connectivity index (χ2v) is 5.58. The van der Waals surface area contributed by atoms with Crippen LogP contribution in [0.15, 0.2) is 40.9 Å². The van der Waals surface area contributed by atoms with Gasteiger partial charge in [-0.25, -0.2) is 4.98 Å². The second kappa shape index (κ2) is 4.54. The number of aryl methyl sites for hydroxylation is 1. The molecular weight excluding hydrogens is 326 g/mol. The van der Waals surface area contributed by atoms with Crippen molar-refractivity contribution in [3.05, 3.63) is 51.5 Å². The summed E-state index contributed by atoms with van der Waals surface area (Å²) in [4.78, 5) is 4.36. The topological polar surface area (TPSA) is 43.8 Å². The van der Waals surface area contributed by atoms with Crippen LogP contribution in [0.4, 0.5) is 5.95 Å². The van der Waals surface area contributed by atoms with Crippen molar-refractivity contribution in [1.82, 2.24) is 9.55 Å². The standard InChI is InChI=1S/C14H11BrClN3/c1-8-3-2-4-11(13(8)15)19-12-7-9(16)5-6-10(12)18-14(19)17/h2-7H,1H3,(H2,17,18). The molecule has 0 aliphatic carbocycles. The maximum absolute atomic E-state index is 6.06. The number of halogens is 2. The molecule has 0 fully saturated rings. The lowest BCUT2D eigenvalue weighted by atomic mass is 10.2. The molecule has 0 saturated carbocycles. The van der Waals surface area contributed by atoms with Crippen LogP contribution in [0.2, 0.25) is 5.02 Å². The summed E-state index contributed by atoms with van der Waals surface area (Å²) in [6.45, 7) is 2.04. The zero-order chi connectivity index (χ0) is 13.6. The van der Waals surface area contributed by atoms with Crippen molar-refractivity contribution < 1.29 is 0 Å². The molecule has 0 spiro atoms.